The van der Waals surface area contributed by atoms with Crippen LogP contribution in [0.15, 0.2) is 30.3 Å². The molecule has 0 saturated carbocycles. The average Bonchev–Trinajstić information content (AvgIpc) is 2.90. The van der Waals surface area contributed by atoms with Crippen molar-refractivity contribution in [3.63, 3.8) is 0 Å². The zero-order valence-electron chi connectivity index (χ0n) is 11.4. The summed E-state index contributed by atoms with van der Waals surface area (Å²) in [6.45, 7) is 2.17. The van der Waals surface area contributed by atoms with Crippen LogP contribution >= 0.6 is 22.9 Å². The molecule has 1 unspecified atom stereocenters. The summed E-state index contributed by atoms with van der Waals surface area (Å²) >= 11 is 8.18. The monoisotopic (exact) mass is 295 g/mol. The molecule has 0 fully saturated rings. The highest BCUT2D eigenvalue weighted by Gasteiger charge is 2.17. The van der Waals surface area contributed by atoms with Gasteiger partial charge >= 0.3 is 0 Å². The molecule has 19 heavy (non-hydrogen) atoms. The fourth-order valence-corrected chi connectivity index (χ4v) is 3.42. The molecule has 0 bridgehead atoms. The number of benzene rings is 1. The maximum absolute atomic E-state index is 6.36. The lowest BCUT2D eigenvalue weighted by atomic mass is 10.1. The Kier molecular flexibility index (Phi) is 4.86. The molecule has 0 aliphatic carbocycles. The average molecular weight is 296 g/mol. The van der Waals surface area contributed by atoms with Gasteiger partial charge in [0.1, 0.15) is 5.75 Å². The van der Waals surface area contributed by atoms with E-state index in [1.54, 1.807) is 7.11 Å². The third kappa shape index (κ3) is 3.11. The standard InChI is InChI=1S/C15H18ClNOS/c1-4-11-6-8-14(19-11)15(17-2)12-7-5-10(18-3)9-13(12)16/h5-9,15,17H,4H2,1-3H3. The molecule has 0 aliphatic rings. The van der Waals surface area contributed by atoms with Crippen LogP contribution in [-0.4, -0.2) is 14.2 Å². The first-order valence-corrected chi connectivity index (χ1v) is 7.48. The summed E-state index contributed by atoms with van der Waals surface area (Å²) < 4.78 is 5.19. The van der Waals surface area contributed by atoms with Crippen LogP contribution in [-0.2, 0) is 6.42 Å². The lowest BCUT2D eigenvalue weighted by Gasteiger charge is -2.17. The second-order valence-electron chi connectivity index (χ2n) is 4.27. The van der Waals surface area contributed by atoms with E-state index in [0.717, 1.165) is 22.8 Å². The van der Waals surface area contributed by atoms with E-state index in [2.05, 4.69) is 24.4 Å². The Balaban J connectivity index is 2.36. The van der Waals surface area contributed by atoms with E-state index in [1.165, 1.54) is 9.75 Å². The molecule has 0 spiro atoms. The van der Waals surface area contributed by atoms with Crippen molar-refractivity contribution in [2.45, 2.75) is 19.4 Å². The van der Waals surface area contributed by atoms with Crippen molar-refractivity contribution in [2.75, 3.05) is 14.2 Å². The first kappa shape index (κ1) is 14.4. The fourth-order valence-electron chi connectivity index (χ4n) is 2.06. The van der Waals surface area contributed by atoms with Crippen molar-refractivity contribution >= 4 is 22.9 Å². The predicted octanol–water partition coefficient (Wildman–Crippen LogP) is 4.28. The van der Waals surface area contributed by atoms with Crippen LogP contribution in [0.1, 0.15) is 28.3 Å². The highest BCUT2D eigenvalue weighted by molar-refractivity contribution is 7.12. The molecule has 0 aliphatic heterocycles. The SMILES string of the molecule is CCc1ccc(C(NC)c2ccc(OC)cc2Cl)s1. The molecule has 1 aromatic heterocycles. The Hall–Kier alpha value is -1.03. The molecule has 0 radical (unpaired) electrons. The third-order valence-electron chi connectivity index (χ3n) is 3.12. The molecule has 2 nitrogen and oxygen atoms in total. The largest absolute Gasteiger partial charge is 0.497 e. The van der Waals surface area contributed by atoms with Gasteiger partial charge in [-0.25, -0.2) is 0 Å². The first-order chi connectivity index (χ1) is 9.19. The summed E-state index contributed by atoms with van der Waals surface area (Å²) in [7, 11) is 3.60. The number of aryl methyl sites for hydroxylation is 1. The molecule has 1 N–H and O–H groups in total. The van der Waals surface area contributed by atoms with Crippen LogP contribution in [0, 0.1) is 0 Å². The van der Waals surface area contributed by atoms with E-state index in [0.29, 0.717) is 0 Å². The van der Waals surface area contributed by atoms with Crippen LogP contribution < -0.4 is 10.1 Å². The normalized spacial score (nSPS) is 12.4. The number of hydrogen-bond acceptors (Lipinski definition) is 3. The molecule has 2 rings (SSSR count). The Morgan fingerprint density at radius 2 is 2.11 bits per heavy atom. The van der Waals surface area contributed by atoms with Crippen molar-refractivity contribution in [1.82, 2.24) is 5.32 Å². The van der Waals surface area contributed by atoms with E-state index in [1.807, 2.05) is 36.6 Å². The van der Waals surface area contributed by atoms with Crippen LogP contribution in [0.25, 0.3) is 0 Å². The molecule has 102 valence electrons. The van der Waals surface area contributed by atoms with Gasteiger partial charge in [-0.05, 0) is 43.3 Å². The Bertz CT molecular complexity index is 553. The minimum atomic E-state index is 0.128. The predicted molar refractivity (Wildman–Crippen MR) is 82.6 cm³/mol. The van der Waals surface area contributed by atoms with Gasteiger partial charge in [0.15, 0.2) is 0 Å². The van der Waals surface area contributed by atoms with Crippen LogP contribution in [0.3, 0.4) is 0 Å². The third-order valence-corrected chi connectivity index (χ3v) is 4.74. The molecule has 2 aromatic rings. The van der Waals surface area contributed by atoms with Gasteiger partial charge < -0.3 is 10.1 Å². The highest BCUT2D eigenvalue weighted by atomic mass is 35.5. The van der Waals surface area contributed by atoms with Crippen LogP contribution in [0.4, 0.5) is 0 Å². The maximum atomic E-state index is 6.36. The Labute approximate surface area is 123 Å². The van der Waals surface area contributed by atoms with E-state index in [4.69, 9.17) is 16.3 Å². The molecule has 1 atom stereocenters. The second-order valence-corrected chi connectivity index (χ2v) is 5.87. The van der Waals surface area contributed by atoms with E-state index < -0.39 is 0 Å². The maximum Gasteiger partial charge on any atom is 0.120 e. The summed E-state index contributed by atoms with van der Waals surface area (Å²) in [5, 5.41) is 4.06. The smallest absolute Gasteiger partial charge is 0.120 e. The summed E-state index contributed by atoms with van der Waals surface area (Å²) in [5.41, 5.74) is 1.08. The number of rotatable bonds is 5. The topological polar surface area (TPSA) is 21.3 Å². The molecule has 1 aromatic carbocycles. The van der Waals surface area contributed by atoms with Gasteiger partial charge in [0.05, 0.1) is 13.2 Å². The van der Waals surface area contributed by atoms with Gasteiger partial charge in [-0.1, -0.05) is 24.6 Å². The number of ether oxygens (including phenoxy) is 1. The van der Waals surface area contributed by atoms with Crippen molar-refractivity contribution in [2.24, 2.45) is 0 Å². The Morgan fingerprint density at radius 3 is 2.63 bits per heavy atom. The molecule has 4 heteroatoms. The molecule has 1 heterocycles. The minimum absolute atomic E-state index is 0.128. The van der Waals surface area contributed by atoms with Crippen LogP contribution in [0.2, 0.25) is 5.02 Å². The van der Waals surface area contributed by atoms with Crippen molar-refractivity contribution in [3.8, 4) is 5.75 Å². The quantitative estimate of drug-likeness (QED) is 0.889. The minimum Gasteiger partial charge on any atom is -0.497 e. The van der Waals surface area contributed by atoms with E-state index in [9.17, 15) is 0 Å². The lowest BCUT2D eigenvalue weighted by Crippen LogP contribution is -2.16. The van der Waals surface area contributed by atoms with Gasteiger partial charge in [0.2, 0.25) is 0 Å². The number of hydrogen-bond donors (Lipinski definition) is 1. The zero-order chi connectivity index (χ0) is 13.8. The highest BCUT2D eigenvalue weighted by Crippen LogP contribution is 2.34. The zero-order valence-corrected chi connectivity index (χ0v) is 12.9. The number of methoxy groups -OCH3 is 1. The van der Waals surface area contributed by atoms with Gasteiger partial charge in [-0.3, -0.25) is 0 Å². The molecule has 0 saturated heterocycles. The summed E-state index contributed by atoms with van der Waals surface area (Å²) in [6, 6.07) is 10.3. The van der Waals surface area contributed by atoms with Crippen LogP contribution in [0.5, 0.6) is 5.75 Å². The number of nitrogens with one attached hydrogen (secondary N) is 1. The van der Waals surface area contributed by atoms with E-state index >= 15 is 0 Å². The number of thiophene rings is 1. The van der Waals surface area contributed by atoms with Gasteiger partial charge in [0.25, 0.3) is 0 Å². The lowest BCUT2D eigenvalue weighted by molar-refractivity contribution is 0.414. The summed E-state index contributed by atoms with van der Waals surface area (Å²) in [4.78, 5) is 2.67. The molecular formula is C15H18ClNOS. The van der Waals surface area contributed by atoms with Gasteiger partial charge in [0, 0.05) is 14.8 Å². The van der Waals surface area contributed by atoms with E-state index in [-0.39, 0.29) is 6.04 Å². The fraction of sp³-hybridized carbons (Fsp3) is 0.333. The summed E-state index contributed by atoms with van der Waals surface area (Å²) in [6.07, 6.45) is 1.07. The second kappa shape index (κ2) is 6.42. The van der Waals surface area contributed by atoms with Gasteiger partial charge in [-0.15, -0.1) is 11.3 Å². The number of halogens is 1. The van der Waals surface area contributed by atoms with Gasteiger partial charge in [-0.2, -0.15) is 0 Å². The Morgan fingerprint density at radius 1 is 1.32 bits per heavy atom. The molecular weight excluding hydrogens is 278 g/mol. The van der Waals surface area contributed by atoms with Crippen molar-refractivity contribution in [3.05, 3.63) is 50.7 Å². The molecule has 0 amide bonds. The van der Waals surface area contributed by atoms with Crippen molar-refractivity contribution in [1.29, 1.82) is 0 Å². The summed E-state index contributed by atoms with van der Waals surface area (Å²) in [5.74, 6) is 0.782. The first-order valence-electron chi connectivity index (χ1n) is 6.29. The van der Waals surface area contributed by atoms with Crippen molar-refractivity contribution < 1.29 is 4.74 Å².